The van der Waals surface area contributed by atoms with Gasteiger partial charge in [-0.3, -0.25) is 9.89 Å². The van der Waals surface area contributed by atoms with E-state index < -0.39 is 0 Å². The number of aromatic amines is 1. The molecule has 1 spiro atoms. The summed E-state index contributed by atoms with van der Waals surface area (Å²) in [5, 5.41) is 18.7. The molecular formula is C31H39N9O2. The predicted octanol–water partition coefficient (Wildman–Crippen LogP) is 2.83. The van der Waals surface area contributed by atoms with Gasteiger partial charge in [-0.15, -0.1) is 0 Å². The first-order valence-corrected chi connectivity index (χ1v) is 14.7. The van der Waals surface area contributed by atoms with Gasteiger partial charge in [0.05, 0.1) is 17.4 Å². The smallest absolute Gasteiger partial charge is 0.319 e. The van der Waals surface area contributed by atoms with E-state index in [0.29, 0.717) is 42.8 Å². The maximum atomic E-state index is 12.7. The Hall–Kier alpha value is -4.01. The van der Waals surface area contributed by atoms with Crippen molar-refractivity contribution in [2.45, 2.75) is 32.2 Å². The highest BCUT2D eigenvalue weighted by molar-refractivity contribution is 5.97. The van der Waals surface area contributed by atoms with Crippen LogP contribution in [0.4, 0.5) is 5.82 Å². The van der Waals surface area contributed by atoms with Crippen LogP contribution in [0.5, 0.6) is 6.01 Å². The van der Waals surface area contributed by atoms with Gasteiger partial charge in [0.25, 0.3) is 0 Å². The number of hydrogen-bond donors (Lipinski definition) is 1. The van der Waals surface area contributed by atoms with Crippen LogP contribution in [-0.4, -0.2) is 114 Å². The molecular weight excluding hydrogens is 530 g/mol. The third-order valence-corrected chi connectivity index (χ3v) is 8.96. The zero-order chi connectivity index (χ0) is 29.4. The Kier molecular flexibility index (Phi) is 7.60. The first-order valence-electron chi connectivity index (χ1n) is 14.7. The molecule has 1 amide bonds. The average molecular weight is 570 g/mol. The van der Waals surface area contributed by atoms with E-state index in [9.17, 15) is 10.1 Å². The minimum atomic E-state index is -0.00302. The first kappa shape index (κ1) is 28.1. The number of aryl methyl sites for hydroxylation is 1. The standard InChI is InChI=1S/C31H39N9O2/c1-21-9-10-25-24(16-33-36-25)27(21)28-23(15-32)29(35-30(34-28)42-17-22-7-5-13-38(22)4)39-14-11-31(18-39)19-40(20-31)26(41)8-6-12-37(2)3/h6,8-10,16,22H,5,7,11-14,17-20H2,1-4H3,(H,33,36)/b8-6+. The summed E-state index contributed by atoms with van der Waals surface area (Å²) in [7, 11) is 6.08. The van der Waals surface area contributed by atoms with E-state index in [2.05, 4.69) is 33.1 Å². The van der Waals surface area contributed by atoms with E-state index in [1.165, 1.54) is 0 Å². The number of anilines is 1. The number of hydrogen-bond acceptors (Lipinski definition) is 9. The maximum Gasteiger partial charge on any atom is 0.319 e. The van der Waals surface area contributed by atoms with Gasteiger partial charge in [0, 0.05) is 61.2 Å². The molecule has 0 saturated carbocycles. The summed E-state index contributed by atoms with van der Waals surface area (Å²) < 4.78 is 6.26. The number of ether oxygens (including phenoxy) is 1. The lowest BCUT2D eigenvalue weighted by Crippen LogP contribution is -2.59. The normalized spacial score (nSPS) is 20.2. The second-order valence-electron chi connectivity index (χ2n) is 12.4. The molecule has 42 heavy (non-hydrogen) atoms. The molecule has 6 rings (SSSR count). The molecule has 3 aliphatic rings. The van der Waals surface area contributed by atoms with Crippen molar-refractivity contribution in [3.05, 3.63) is 41.6 Å². The van der Waals surface area contributed by atoms with Gasteiger partial charge < -0.3 is 24.3 Å². The van der Waals surface area contributed by atoms with Gasteiger partial charge in [0.2, 0.25) is 5.91 Å². The molecule has 0 aliphatic carbocycles. The van der Waals surface area contributed by atoms with Crippen LogP contribution in [0.1, 0.15) is 30.4 Å². The van der Waals surface area contributed by atoms with Crippen molar-refractivity contribution in [2.24, 2.45) is 5.41 Å². The molecule has 11 heteroatoms. The van der Waals surface area contributed by atoms with Crippen LogP contribution in [0.15, 0.2) is 30.5 Å². The second-order valence-corrected chi connectivity index (χ2v) is 12.4. The van der Waals surface area contributed by atoms with Gasteiger partial charge in [0.15, 0.2) is 5.82 Å². The van der Waals surface area contributed by atoms with Crippen LogP contribution in [-0.2, 0) is 4.79 Å². The summed E-state index contributed by atoms with van der Waals surface area (Å²) >= 11 is 0. The van der Waals surface area contributed by atoms with E-state index in [4.69, 9.17) is 14.7 Å². The Morgan fingerprint density at radius 2 is 2.10 bits per heavy atom. The summed E-state index contributed by atoms with van der Waals surface area (Å²) in [6, 6.07) is 7.05. The van der Waals surface area contributed by atoms with Gasteiger partial charge in [-0.1, -0.05) is 12.1 Å². The van der Waals surface area contributed by atoms with E-state index in [-0.39, 0.29) is 17.3 Å². The quantitative estimate of drug-likeness (QED) is 0.409. The molecule has 3 fully saturated rings. The number of aromatic nitrogens is 4. The van der Waals surface area contributed by atoms with E-state index in [0.717, 1.165) is 67.5 Å². The number of rotatable bonds is 8. The van der Waals surface area contributed by atoms with Gasteiger partial charge >= 0.3 is 6.01 Å². The molecule has 3 aliphatic heterocycles. The summed E-state index contributed by atoms with van der Waals surface area (Å²) in [5.41, 5.74) is 3.75. The van der Waals surface area contributed by atoms with Crippen molar-refractivity contribution < 1.29 is 9.53 Å². The highest BCUT2D eigenvalue weighted by Gasteiger charge is 2.49. The van der Waals surface area contributed by atoms with Crippen molar-refractivity contribution in [1.29, 1.82) is 5.26 Å². The van der Waals surface area contributed by atoms with Crippen molar-refractivity contribution in [3.8, 4) is 23.3 Å². The largest absolute Gasteiger partial charge is 0.462 e. The molecule has 5 heterocycles. The third-order valence-electron chi connectivity index (χ3n) is 8.96. The monoisotopic (exact) mass is 569 g/mol. The fraction of sp³-hybridized carbons (Fsp3) is 0.516. The lowest BCUT2D eigenvalue weighted by molar-refractivity contribution is -0.136. The Labute approximate surface area is 246 Å². The summed E-state index contributed by atoms with van der Waals surface area (Å²) in [6.45, 7) is 7.21. The van der Waals surface area contributed by atoms with Gasteiger partial charge in [-0.2, -0.15) is 20.3 Å². The van der Waals surface area contributed by atoms with Crippen LogP contribution in [0, 0.1) is 23.7 Å². The molecule has 1 unspecified atom stereocenters. The zero-order valence-corrected chi connectivity index (χ0v) is 24.9. The number of amides is 1. The van der Waals surface area contributed by atoms with Gasteiger partial charge in [-0.05, 0) is 65.5 Å². The SMILES string of the molecule is Cc1ccc2[nH]ncc2c1-c1nc(OCC2CCCN2C)nc(N2CCC3(CN(C(=O)/C=C/CN(C)C)C3)C2)c1C#N. The zero-order valence-electron chi connectivity index (χ0n) is 24.9. The summed E-state index contributed by atoms with van der Waals surface area (Å²) in [4.78, 5) is 30.8. The first-order chi connectivity index (χ1) is 20.3. The minimum Gasteiger partial charge on any atom is -0.462 e. The topological polar surface area (TPSA) is 118 Å². The van der Waals surface area contributed by atoms with Gasteiger partial charge in [-0.25, -0.2) is 0 Å². The molecule has 2 aromatic heterocycles. The fourth-order valence-electron chi connectivity index (χ4n) is 6.57. The summed E-state index contributed by atoms with van der Waals surface area (Å²) in [5.74, 6) is 0.656. The van der Waals surface area contributed by atoms with Crippen LogP contribution in [0.3, 0.4) is 0 Å². The number of likely N-dealkylation sites (N-methyl/N-ethyl adjacent to an activating group) is 2. The van der Waals surface area contributed by atoms with Crippen molar-refractivity contribution in [2.75, 3.05) is 71.9 Å². The average Bonchev–Trinajstić information content (AvgIpc) is 3.70. The molecule has 3 saturated heterocycles. The van der Waals surface area contributed by atoms with E-state index in [1.54, 1.807) is 12.3 Å². The molecule has 1 N–H and O–H groups in total. The maximum absolute atomic E-state index is 12.7. The fourth-order valence-corrected chi connectivity index (χ4v) is 6.57. The second kappa shape index (κ2) is 11.3. The number of likely N-dealkylation sites (tertiary alicyclic amines) is 2. The lowest BCUT2D eigenvalue weighted by atomic mass is 9.79. The molecule has 1 atom stereocenters. The number of nitrogens with zero attached hydrogens (tertiary/aromatic N) is 8. The number of nitriles is 1. The summed E-state index contributed by atoms with van der Waals surface area (Å²) in [6.07, 6.45) is 8.53. The van der Waals surface area contributed by atoms with Crippen molar-refractivity contribution in [1.82, 2.24) is 34.9 Å². The number of H-pyrrole nitrogens is 1. The Bertz CT molecular complexity index is 1550. The Morgan fingerprint density at radius 1 is 1.26 bits per heavy atom. The molecule has 220 valence electrons. The van der Waals surface area contributed by atoms with Crippen LogP contribution in [0.2, 0.25) is 0 Å². The number of nitrogens with one attached hydrogen (secondary N) is 1. The number of carbonyl (C=O) groups excluding carboxylic acids is 1. The Morgan fingerprint density at radius 3 is 2.83 bits per heavy atom. The van der Waals surface area contributed by atoms with Crippen molar-refractivity contribution >= 4 is 22.6 Å². The van der Waals surface area contributed by atoms with Crippen LogP contribution >= 0.6 is 0 Å². The number of fused-ring (bicyclic) bond motifs is 1. The van der Waals surface area contributed by atoms with E-state index >= 15 is 0 Å². The van der Waals surface area contributed by atoms with E-state index in [1.807, 2.05) is 49.0 Å². The minimum absolute atomic E-state index is 0.00302. The highest BCUT2D eigenvalue weighted by Crippen LogP contribution is 2.43. The molecule has 0 radical (unpaired) electrons. The van der Waals surface area contributed by atoms with Gasteiger partial charge in [0.1, 0.15) is 18.2 Å². The highest BCUT2D eigenvalue weighted by atomic mass is 16.5. The number of carbonyl (C=O) groups is 1. The molecule has 0 bridgehead atoms. The molecule has 11 nitrogen and oxygen atoms in total. The van der Waals surface area contributed by atoms with Crippen molar-refractivity contribution in [3.63, 3.8) is 0 Å². The lowest BCUT2D eigenvalue weighted by Gasteiger charge is -2.47. The number of benzene rings is 1. The Balaban J connectivity index is 1.30. The van der Waals surface area contributed by atoms with Crippen LogP contribution < -0.4 is 9.64 Å². The molecule has 1 aromatic carbocycles. The van der Waals surface area contributed by atoms with Crippen LogP contribution in [0.25, 0.3) is 22.2 Å². The third kappa shape index (κ3) is 5.32. The predicted molar refractivity (Wildman–Crippen MR) is 161 cm³/mol. The molecule has 3 aromatic rings.